The molecule has 6 aromatic carbocycles. The predicted molar refractivity (Wildman–Crippen MR) is 194 cm³/mol. The van der Waals surface area contributed by atoms with Crippen LogP contribution in [0.3, 0.4) is 0 Å². The van der Waals surface area contributed by atoms with Gasteiger partial charge in [0.15, 0.2) is 0 Å². The molecule has 0 atom stereocenters. The average Bonchev–Trinajstić information content (AvgIpc) is 3.70. The van der Waals surface area contributed by atoms with E-state index in [-0.39, 0.29) is 50.8 Å². The first-order valence-electron chi connectivity index (χ1n) is 16.4. The molecule has 8 rings (SSSR count). The molecule has 266 valence electrons. The summed E-state index contributed by atoms with van der Waals surface area (Å²) in [4.78, 5) is 0. The third kappa shape index (κ3) is 5.41. The summed E-state index contributed by atoms with van der Waals surface area (Å²) in [7, 11) is 0. The van der Waals surface area contributed by atoms with E-state index in [0.717, 1.165) is 6.07 Å². The minimum Gasteiger partial charge on any atom is -0.308 e. The zero-order valence-electron chi connectivity index (χ0n) is 28.2. The maximum Gasteiger partial charge on any atom is 0.417 e. The van der Waals surface area contributed by atoms with Crippen LogP contribution in [-0.4, -0.2) is 9.13 Å². The molecule has 2 aromatic heterocycles. The van der Waals surface area contributed by atoms with Gasteiger partial charge in [0, 0.05) is 21.5 Å². The number of alkyl halides is 6. The summed E-state index contributed by atoms with van der Waals surface area (Å²) >= 11 is 0. The summed E-state index contributed by atoms with van der Waals surface area (Å²) in [6.45, 7) is 0. The van der Waals surface area contributed by atoms with Gasteiger partial charge in [-0.25, -0.2) is 0 Å². The number of halogens is 6. The number of hydrogen-bond acceptors (Lipinski definition) is 5. The van der Waals surface area contributed by atoms with Gasteiger partial charge in [0.1, 0.15) is 11.6 Å². The number of nitrogens with zero attached hydrogens (tertiary/aromatic N) is 7. The summed E-state index contributed by atoms with van der Waals surface area (Å²) in [5, 5.41) is 51.9. The molecule has 7 nitrogen and oxygen atoms in total. The van der Waals surface area contributed by atoms with E-state index in [0.29, 0.717) is 49.7 Å². The van der Waals surface area contributed by atoms with Crippen molar-refractivity contribution < 1.29 is 26.3 Å². The van der Waals surface area contributed by atoms with Gasteiger partial charge in [-0.15, -0.1) is 0 Å². The van der Waals surface area contributed by atoms with Crippen LogP contribution in [0.25, 0.3) is 66.1 Å². The van der Waals surface area contributed by atoms with Crippen molar-refractivity contribution in [2.45, 2.75) is 12.4 Å². The van der Waals surface area contributed by atoms with Crippen molar-refractivity contribution in [3.05, 3.63) is 142 Å². The number of aromatic nitrogens is 2. The molecular weight excluding hydrogens is 729 g/mol. The molecule has 0 N–H and O–H groups in total. The Morgan fingerprint density at radius 1 is 0.411 bits per heavy atom. The summed E-state index contributed by atoms with van der Waals surface area (Å²) in [5.74, 6) is 0. The monoisotopic (exact) mass is 745 g/mol. The molecule has 0 saturated carbocycles. The van der Waals surface area contributed by atoms with Crippen LogP contribution in [-0.2, 0) is 12.4 Å². The van der Waals surface area contributed by atoms with Crippen LogP contribution in [0.5, 0.6) is 0 Å². The molecular formula is C43H17F6N7. The third-order valence-corrected chi connectivity index (χ3v) is 9.70. The molecule has 0 unspecified atom stereocenters. The predicted octanol–water partition coefficient (Wildman–Crippen LogP) is 10.9. The molecule has 0 aliphatic rings. The van der Waals surface area contributed by atoms with E-state index >= 15 is 0 Å². The van der Waals surface area contributed by atoms with Gasteiger partial charge in [0.2, 0.25) is 0 Å². The second-order valence-electron chi connectivity index (χ2n) is 12.8. The highest BCUT2D eigenvalue weighted by molar-refractivity contribution is 6.12. The van der Waals surface area contributed by atoms with Gasteiger partial charge in [-0.05, 0) is 108 Å². The van der Waals surface area contributed by atoms with Gasteiger partial charge < -0.3 is 9.13 Å². The molecule has 0 spiro atoms. The number of nitriles is 5. The molecule has 0 fully saturated rings. The molecule has 0 radical (unpaired) electrons. The topological polar surface area (TPSA) is 129 Å². The van der Waals surface area contributed by atoms with Crippen LogP contribution < -0.4 is 0 Å². The molecule has 8 aromatic rings. The van der Waals surface area contributed by atoms with Gasteiger partial charge in [-0.1, -0.05) is 6.07 Å². The Morgan fingerprint density at radius 3 is 1.09 bits per heavy atom. The van der Waals surface area contributed by atoms with Crippen LogP contribution in [0, 0.1) is 56.7 Å². The molecule has 0 saturated heterocycles. The average molecular weight is 746 g/mol. The number of hydrogen-bond donors (Lipinski definition) is 0. The van der Waals surface area contributed by atoms with Gasteiger partial charge >= 0.3 is 12.4 Å². The van der Waals surface area contributed by atoms with Crippen LogP contribution in [0.2, 0.25) is 0 Å². The fraction of sp³-hybridized carbons (Fsp3) is 0.0465. The van der Waals surface area contributed by atoms with Crippen molar-refractivity contribution in [2.75, 3.05) is 0 Å². The normalized spacial score (nSPS) is 11.7. The summed E-state index contributed by atoms with van der Waals surface area (Å²) in [6, 6.07) is 33.2. The lowest BCUT2D eigenvalue weighted by atomic mass is 9.94. The Balaban J connectivity index is 1.59. The second kappa shape index (κ2) is 12.5. The van der Waals surface area contributed by atoms with Crippen molar-refractivity contribution in [3.63, 3.8) is 0 Å². The standard InChI is InChI=1S/C43H17F6N7/c44-42(45,46)28-5-6-29(35(17-28)43(47,48)49)27-15-40(55-36-7-1-23(18-50)11-30(36)31-12-24(19-51)2-8-37(31)55)34(22-54)41(16-27)56-38-9-3-25(20-52)13-32(38)33-14-26(21-53)4-10-39(33)56/h1-17H. The van der Waals surface area contributed by atoms with Crippen LogP contribution in [0.4, 0.5) is 26.3 Å². The minimum atomic E-state index is -5.24. The maximum atomic E-state index is 14.8. The molecule has 0 amide bonds. The molecule has 0 aliphatic carbocycles. The van der Waals surface area contributed by atoms with Crippen molar-refractivity contribution in [2.24, 2.45) is 0 Å². The van der Waals surface area contributed by atoms with Crippen molar-refractivity contribution in [1.29, 1.82) is 26.3 Å². The van der Waals surface area contributed by atoms with E-state index in [1.54, 1.807) is 57.7 Å². The Bertz CT molecular complexity index is 2930. The molecule has 13 heteroatoms. The molecule has 0 bridgehead atoms. The number of fused-ring (bicyclic) bond motifs is 6. The van der Waals surface area contributed by atoms with Crippen molar-refractivity contribution >= 4 is 43.6 Å². The third-order valence-electron chi connectivity index (χ3n) is 9.70. The summed E-state index contributed by atoms with van der Waals surface area (Å²) in [6.07, 6.45) is -10.3. The van der Waals surface area contributed by atoms with Crippen LogP contribution in [0.15, 0.2) is 103 Å². The largest absolute Gasteiger partial charge is 0.417 e. The second-order valence-corrected chi connectivity index (χ2v) is 12.8. The lowest BCUT2D eigenvalue weighted by Gasteiger charge is -2.21. The zero-order chi connectivity index (χ0) is 39.7. The zero-order valence-corrected chi connectivity index (χ0v) is 28.2. The van der Waals surface area contributed by atoms with E-state index < -0.39 is 29.0 Å². The van der Waals surface area contributed by atoms with Crippen molar-refractivity contribution in [1.82, 2.24) is 9.13 Å². The van der Waals surface area contributed by atoms with E-state index in [4.69, 9.17) is 0 Å². The number of benzene rings is 6. The van der Waals surface area contributed by atoms with E-state index in [1.165, 1.54) is 36.4 Å². The van der Waals surface area contributed by atoms with E-state index in [9.17, 15) is 52.7 Å². The highest BCUT2D eigenvalue weighted by atomic mass is 19.4. The van der Waals surface area contributed by atoms with E-state index in [2.05, 4.69) is 30.3 Å². The maximum absolute atomic E-state index is 14.8. The molecule has 2 heterocycles. The first kappa shape index (κ1) is 35.0. The highest BCUT2D eigenvalue weighted by Gasteiger charge is 2.39. The summed E-state index contributed by atoms with van der Waals surface area (Å²) < 4.78 is 89.0. The Labute approximate surface area is 312 Å². The Morgan fingerprint density at radius 2 is 0.786 bits per heavy atom. The SMILES string of the molecule is N#Cc1ccc2c(c1)c1cc(C#N)ccc1n2-c1cc(-c2ccc(C(F)(F)F)cc2C(F)(F)F)cc(-n2c3ccc(C#N)cc3c3cc(C#N)ccc32)c1C#N. The molecule has 56 heavy (non-hydrogen) atoms. The van der Waals surface area contributed by atoms with Crippen molar-refractivity contribution in [3.8, 4) is 52.8 Å². The number of rotatable bonds is 3. The van der Waals surface area contributed by atoms with Gasteiger partial charge in [-0.2, -0.15) is 52.7 Å². The van der Waals surface area contributed by atoms with E-state index in [1.807, 2.05) is 0 Å². The fourth-order valence-electron chi connectivity index (χ4n) is 7.29. The lowest BCUT2D eigenvalue weighted by molar-refractivity contribution is -0.142. The quantitative estimate of drug-likeness (QED) is 0.166. The van der Waals surface area contributed by atoms with Crippen LogP contribution >= 0.6 is 0 Å². The Kier molecular flexibility index (Phi) is 7.83. The highest BCUT2D eigenvalue weighted by Crippen LogP contribution is 2.45. The summed E-state index contributed by atoms with van der Waals surface area (Å²) in [5.41, 5.74) is -1.10. The first-order chi connectivity index (χ1) is 26.8. The Hall–Kier alpha value is -8.05. The lowest BCUT2D eigenvalue weighted by Crippen LogP contribution is -2.12. The van der Waals surface area contributed by atoms with Gasteiger partial charge in [0.05, 0.1) is 91.1 Å². The first-order valence-corrected chi connectivity index (χ1v) is 16.4. The fourth-order valence-corrected chi connectivity index (χ4v) is 7.29. The minimum absolute atomic E-state index is 0.0414. The van der Waals surface area contributed by atoms with Crippen LogP contribution in [0.1, 0.15) is 38.9 Å². The van der Waals surface area contributed by atoms with Gasteiger partial charge in [-0.3, -0.25) is 0 Å². The molecule has 0 aliphatic heterocycles. The smallest absolute Gasteiger partial charge is 0.308 e. The van der Waals surface area contributed by atoms with Gasteiger partial charge in [0.25, 0.3) is 0 Å².